The van der Waals surface area contributed by atoms with Gasteiger partial charge in [0.25, 0.3) is 0 Å². The Morgan fingerprint density at radius 1 is 1.19 bits per heavy atom. The van der Waals surface area contributed by atoms with E-state index in [4.69, 9.17) is 0 Å². The van der Waals surface area contributed by atoms with Gasteiger partial charge in [-0.05, 0) is 31.1 Å². The molecule has 3 rings (SSSR count). The van der Waals surface area contributed by atoms with Crippen LogP contribution in [0, 0.1) is 29.6 Å². The molecular formula is C16H22N2O3. The molecule has 2 aliphatic carbocycles. The van der Waals surface area contributed by atoms with Gasteiger partial charge in [-0.3, -0.25) is 19.3 Å². The lowest BCUT2D eigenvalue weighted by Gasteiger charge is -2.21. The lowest BCUT2D eigenvalue weighted by molar-refractivity contribution is -0.144. The molecule has 3 aliphatic rings. The first-order valence-electron chi connectivity index (χ1n) is 7.73. The van der Waals surface area contributed by atoms with Gasteiger partial charge in [0.1, 0.15) is 6.54 Å². The van der Waals surface area contributed by atoms with Crippen LogP contribution in [0.3, 0.4) is 0 Å². The number of fused-ring (bicyclic) bond motifs is 5. The van der Waals surface area contributed by atoms with Crippen molar-refractivity contribution < 1.29 is 14.4 Å². The van der Waals surface area contributed by atoms with E-state index in [1.54, 1.807) is 0 Å². The van der Waals surface area contributed by atoms with Crippen molar-refractivity contribution in [3.05, 3.63) is 12.2 Å². The largest absolute Gasteiger partial charge is 0.352 e. The summed E-state index contributed by atoms with van der Waals surface area (Å²) < 4.78 is 0. The second kappa shape index (κ2) is 4.97. The molecular weight excluding hydrogens is 268 g/mol. The van der Waals surface area contributed by atoms with E-state index in [0.29, 0.717) is 5.92 Å². The lowest BCUT2D eigenvalue weighted by atomic mass is 9.85. The smallest absolute Gasteiger partial charge is 0.240 e. The van der Waals surface area contributed by atoms with Crippen LogP contribution in [-0.4, -0.2) is 35.2 Å². The molecule has 1 heterocycles. The number of carbonyl (C=O) groups is 3. The molecule has 3 amide bonds. The average molecular weight is 290 g/mol. The van der Waals surface area contributed by atoms with Crippen LogP contribution in [0.4, 0.5) is 0 Å². The minimum atomic E-state index is -0.252. The van der Waals surface area contributed by atoms with Crippen LogP contribution in [-0.2, 0) is 14.4 Å². The first-order chi connectivity index (χ1) is 9.90. The molecule has 1 aliphatic heterocycles. The Hall–Kier alpha value is -1.65. The number of allylic oxidation sites excluding steroid dienone is 2. The molecule has 0 aromatic heterocycles. The van der Waals surface area contributed by atoms with Crippen molar-refractivity contribution >= 4 is 17.7 Å². The Morgan fingerprint density at radius 3 is 2.19 bits per heavy atom. The van der Waals surface area contributed by atoms with Gasteiger partial charge < -0.3 is 5.32 Å². The third kappa shape index (κ3) is 2.19. The predicted molar refractivity (Wildman–Crippen MR) is 76.9 cm³/mol. The monoisotopic (exact) mass is 290 g/mol. The second-order valence-electron chi connectivity index (χ2n) is 6.86. The van der Waals surface area contributed by atoms with Crippen LogP contribution in [0.2, 0.25) is 0 Å². The SMILES string of the molecule is CC(C)[C@H](C)NC(=O)CN1C(=O)[C@H]2[C@H](C1=O)[C@H]1C=C[C@H]2C1. The normalized spacial score (nSPS) is 34.8. The summed E-state index contributed by atoms with van der Waals surface area (Å²) in [6, 6.07) is 0.0302. The maximum Gasteiger partial charge on any atom is 0.240 e. The molecule has 1 N–H and O–H groups in total. The molecule has 0 spiro atoms. The quantitative estimate of drug-likeness (QED) is 0.619. The van der Waals surface area contributed by atoms with Crippen LogP contribution >= 0.6 is 0 Å². The van der Waals surface area contributed by atoms with Crippen molar-refractivity contribution in [3.63, 3.8) is 0 Å². The zero-order valence-electron chi connectivity index (χ0n) is 12.7. The Kier molecular flexibility index (Phi) is 3.38. The highest BCUT2D eigenvalue weighted by Crippen LogP contribution is 2.52. The molecule has 5 nitrogen and oxygen atoms in total. The molecule has 5 heteroatoms. The van der Waals surface area contributed by atoms with E-state index in [1.165, 1.54) is 4.90 Å². The summed E-state index contributed by atoms with van der Waals surface area (Å²) in [6.45, 7) is 5.83. The first-order valence-corrected chi connectivity index (χ1v) is 7.73. The molecule has 1 saturated heterocycles. The van der Waals surface area contributed by atoms with Crippen LogP contribution in [0.25, 0.3) is 0 Å². The van der Waals surface area contributed by atoms with Crippen molar-refractivity contribution in [1.29, 1.82) is 0 Å². The van der Waals surface area contributed by atoms with Crippen molar-refractivity contribution in [1.82, 2.24) is 10.2 Å². The summed E-state index contributed by atoms with van der Waals surface area (Å²) in [6.07, 6.45) is 5.03. The van der Waals surface area contributed by atoms with Gasteiger partial charge in [0.05, 0.1) is 11.8 Å². The van der Waals surface area contributed by atoms with Crippen molar-refractivity contribution in [2.75, 3.05) is 6.54 Å². The number of likely N-dealkylation sites (tertiary alicyclic amines) is 1. The number of rotatable bonds is 4. The molecule has 114 valence electrons. The lowest BCUT2D eigenvalue weighted by Crippen LogP contribution is -2.45. The van der Waals surface area contributed by atoms with Crippen LogP contribution in [0.1, 0.15) is 27.2 Å². The number of nitrogens with one attached hydrogen (secondary N) is 1. The summed E-state index contributed by atoms with van der Waals surface area (Å²) in [4.78, 5) is 38.1. The molecule has 21 heavy (non-hydrogen) atoms. The van der Waals surface area contributed by atoms with Gasteiger partial charge in [-0.25, -0.2) is 0 Å². The number of amides is 3. The third-order valence-electron chi connectivity index (χ3n) is 5.25. The van der Waals surface area contributed by atoms with Crippen molar-refractivity contribution in [2.45, 2.75) is 33.2 Å². The van der Waals surface area contributed by atoms with E-state index in [2.05, 4.69) is 17.5 Å². The molecule has 0 radical (unpaired) electrons. The summed E-state index contributed by atoms with van der Waals surface area (Å²) in [7, 11) is 0. The molecule has 2 fully saturated rings. The zero-order chi connectivity index (χ0) is 15.3. The summed E-state index contributed by atoms with van der Waals surface area (Å²) >= 11 is 0. The number of nitrogens with zero attached hydrogens (tertiary/aromatic N) is 1. The van der Waals surface area contributed by atoms with E-state index in [9.17, 15) is 14.4 Å². The second-order valence-corrected chi connectivity index (χ2v) is 6.86. The molecule has 0 aromatic rings. The predicted octanol–water partition coefficient (Wildman–Crippen LogP) is 0.954. The summed E-state index contributed by atoms with van der Waals surface area (Å²) in [5, 5.41) is 2.85. The van der Waals surface area contributed by atoms with E-state index in [1.807, 2.05) is 20.8 Å². The number of carbonyl (C=O) groups excluding carboxylic acids is 3. The topological polar surface area (TPSA) is 66.5 Å². The number of imide groups is 1. The first kappa shape index (κ1) is 14.3. The maximum absolute atomic E-state index is 12.4. The van der Waals surface area contributed by atoms with Gasteiger partial charge in [0, 0.05) is 6.04 Å². The standard InChI is InChI=1S/C16H22N2O3/c1-8(2)9(3)17-12(19)7-18-15(20)13-10-4-5-11(6-10)14(13)16(18)21/h4-5,8-11,13-14H,6-7H2,1-3H3,(H,17,19)/t9-,10-,11-,13+,14+/m0/s1. The van der Waals surface area contributed by atoms with Crippen LogP contribution in [0.5, 0.6) is 0 Å². The van der Waals surface area contributed by atoms with Gasteiger partial charge in [-0.2, -0.15) is 0 Å². The highest BCUT2D eigenvalue weighted by atomic mass is 16.2. The fourth-order valence-electron chi connectivity index (χ4n) is 3.73. The molecule has 2 bridgehead atoms. The highest BCUT2D eigenvalue weighted by molar-refractivity contribution is 6.08. The van der Waals surface area contributed by atoms with E-state index in [-0.39, 0.29) is 54.0 Å². The van der Waals surface area contributed by atoms with Gasteiger partial charge in [0.2, 0.25) is 17.7 Å². The molecule has 5 atom stereocenters. The van der Waals surface area contributed by atoms with Gasteiger partial charge in [0.15, 0.2) is 0 Å². The zero-order valence-corrected chi connectivity index (χ0v) is 12.7. The summed E-state index contributed by atoms with van der Waals surface area (Å²) in [5.74, 6) is -0.302. The Bertz CT molecular complexity index is 496. The minimum Gasteiger partial charge on any atom is -0.352 e. The average Bonchev–Trinajstić information content (AvgIpc) is 3.08. The third-order valence-corrected chi connectivity index (χ3v) is 5.25. The van der Waals surface area contributed by atoms with E-state index < -0.39 is 0 Å². The Labute approximate surface area is 124 Å². The van der Waals surface area contributed by atoms with E-state index in [0.717, 1.165) is 6.42 Å². The van der Waals surface area contributed by atoms with Crippen molar-refractivity contribution in [3.8, 4) is 0 Å². The molecule has 1 saturated carbocycles. The van der Waals surface area contributed by atoms with Gasteiger partial charge in [-0.1, -0.05) is 26.0 Å². The number of hydrogen-bond donors (Lipinski definition) is 1. The van der Waals surface area contributed by atoms with Crippen LogP contribution in [0.15, 0.2) is 12.2 Å². The Balaban J connectivity index is 1.67. The fourth-order valence-corrected chi connectivity index (χ4v) is 3.73. The number of hydrogen-bond acceptors (Lipinski definition) is 3. The highest BCUT2D eigenvalue weighted by Gasteiger charge is 2.59. The maximum atomic E-state index is 12.4. The minimum absolute atomic E-state index is 0.0302. The van der Waals surface area contributed by atoms with Crippen molar-refractivity contribution in [2.24, 2.45) is 29.6 Å². The fraction of sp³-hybridized carbons (Fsp3) is 0.688. The molecule has 0 aromatic carbocycles. The summed E-state index contributed by atoms with van der Waals surface area (Å²) in [5.41, 5.74) is 0. The van der Waals surface area contributed by atoms with E-state index >= 15 is 0 Å². The molecule has 0 unspecified atom stereocenters. The Morgan fingerprint density at radius 2 is 1.71 bits per heavy atom. The van der Waals surface area contributed by atoms with Gasteiger partial charge >= 0.3 is 0 Å². The van der Waals surface area contributed by atoms with Gasteiger partial charge in [-0.15, -0.1) is 0 Å². The van der Waals surface area contributed by atoms with Crippen LogP contribution < -0.4 is 5.32 Å².